The average Bonchev–Trinajstić information content (AvgIpc) is 2.73. The van der Waals surface area contributed by atoms with E-state index in [0.29, 0.717) is 0 Å². The molecule has 4 rings (SSSR count). The molecule has 1 aromatic heterocycles. The second kappa shape index (κ2) is 8.17. The Morgan fingerprint density at radius 3 is 2.21 bits per heavy atom. The Labute approximate surface area is 167 Å². The highest BCUT2D eigenvalue weighted by Gasteiger charge is 2.24. The van der Waals surface area contributed by atoms with Crippen LogP contribution in [0, 0.1) is 13.8 Å². The maximum Gasteiger partial charge on any atom is 0.253 e. The highest BCUT2D eigenvalue weighted by molar-refractivity contribution is 5.94. The molecule has 2 fully saturated rings. The molecule has 6 nitrogen and oxygen atoms in total. The maximum absolute atomic E-state index is 12.9. The summed E-state index contributed by atoms with van der Waals surface area (Å²) in [6.45, 7) is 9.19. The molecule has 0 saturated carbocycles. The summed E-state index contributed by atoms with van der Waals surface area (Å²) in [7, 11) is 0. The predicted octanol–water partition coefficient (Wildman–Crippen LogP) is 3.05. The number of benzene rings is 1. The molecule has 0 spiro atoms. The first-order valence-corrected chi connectivity index (χ1v) is 10.3. The molecular weight excluding hydrogens is 350 g/mol. The molecule has 1 amide bonds. The van der Waals surface area contributed by atoms with Gasteiger partial charge in [-0.3, -0.25) is 4.79 Å². The Balaban J connectivity index is 1.40. The third kappa shape index (κ3) is 4.11. The first-order valence-electron chi connectivity index (χ1n) is 10.3. The maximum atomic E-state index is 12.9. The molecule has 0 bridgehead atoms. The van der Waals surface area contributed by atoms with Gasteiger partial charge < -0.3 is 14.7 Å². The van der Waals surface area contributed by atoms with E-state index in [4.69, 9.17) is 4.98 Å². The molecule has 1 aromatic carbocycles. The number of piperidine rings is 1. The van der Waals surface area contributed by atoms with E-state index in [1.165, 1.54) is 19.3 Å². The molecule has 2 aliphatic heterocycles. The van der Waals surface area contributed by atoms with Crippen molar-refractivity contribution >= 4 is 17.7 Å². The first kappa shape index (κ1) is 18.7. The summed E-state index contributed by atoms with van der Waals surface area (Å²) in [6.07, 6.45) is 5.59. The van der Waals surface area contributed by atoms with Gasteiger partial charge in [0.15, 0.2) is 0 Å². The van der Waals surface area contributed by atoms with Crippen molar-refractivity contribution in [3.05, 3.63) is 47.2 Å². The number of hydrogen-bond donors (Lipinski definition) is 0. The van der Waals surface area contributed by atoms with E-state index in [1.807, 2.05) is 43.1 Å². The zero-order valence-electron chi connectivity index (χ0n) is 16.9. The molecular formula is C22H29N5O. The van der Waals surface area contributed by atoms with Crippen LogP contribution in [0.4, 0.5) is 11.8 Å². The van der Waals surface area contributed by atoms with Crippen molar-refractivity contribution < 1.29 is 4.79 Å². The van der Waals surface area contributed by atoms with Gasteiger partial charge in [0.25, 0.3) is 5.91 Å². The standard InChI is InChI=1S/C22H29N5O/c1-17-14-18(2)16-19(15-17)21(28)26-12-10-25(11-13-26)20-6-7-23-22(24-20)27-8-4-3-5-9-27/h6-7,14-16H,3-5,8-13H2,1-2H3. The number of rotatable bonds is 3. The van der Waals surface area contributed by atoms with E-state index < -0.39 is 0 Å². The largest absolute Gasteiger partial charge is 0.353 e. The third-order valence-corrected chi connectivity index (χ3v) is 5.63. The molecule has 2 aliphatic rings. The summed E-state index contributed by atoms with van der Waals surface area (Å²) in [5, 5.41) is 0. The van der Waals surface area contributed by atoms with Crippen molar-refractivity contribution in [3.8, 4) is 0 Å². The van der Waals surface area contributed by atoms with Crippen LogP contribution in [0.15, 0.2) is 30.5 Å². The van der Waals surface area contributed by atoms with Gasteiger partial charge in [0, 0.05) is 51.0 Å². The van der Waals surface area contributed by atoms with E-state index in [0.717, 1.165) is 67.7 Å². The number of aromatic nitrogens is 2. The van der Waals surface area contributed by atoms with Crippen molar-refractivity contribution in [1.29, 1.82) is 0 Å². The fourth-order valence-corrected chi connectivity index (χ4v) is 4.18. The summed E-state index contributed by atoms with van der Waals surface area (Å²) in [5.74, 6) is 1.93. The van der Waals surface area contributed by atoms with Crippen LogP contribution in [-0.4, -0.2) is 60.0 Å². The van der Waals surface area contributed by atoms with Gasteiger partial charge in [-0.2, -0.15) is 4.98 Å². The molecule has 2 aromatic rings. The van der Waals surface area contributed by atoms with Crippen molar-refractivity contribution in [3.63, 3.8) is 0 Å². The van der Waals surface area contributed by atoms with Crippen LogP contribution in [0.25, 0.3) is 0 Å². The molecule has 0 aliphatic carbocycles. The zero-order valence-corrected chi connectivity index (χ0v) is 16.9. The van der Waals surface area contributed by atoms with Crippen LogP contribution in [0.2, 0.25) is 0 Å². The second-order valence-electron chi connectivity index (χ2n) is 7.92. The minimum atomic E-state index is 0.128. The van der Waals surface area contributed by atoms with E-state index in [-0.39, 0.29) is 5.91 Å². The highest BCUT2D eigenvalue weighted by atomic mass is 16.2. The summed E-state index contributed by atoms with van der Waals surface area (Å²) in [5.41, 5.74) is 3.06. The van der Waals surface area contributed by atoms with Crippen molar-refractivity contribution in [2.24, 2.45) is 0 Å². The quantitative estimate of drug-likeness (QED) is 0.820. The Morgan fingerprint density at radius 2 is 1.54 bits per heavy atom. The zero-order chi connectivity index (χ0) is 19.5. The number of carbonyl (C=O) groups excluding carboxylic acids is 1. The normalized spacial score (nSPS) is 17.7. The summed E-state index contributed by atoms with van der Waals surface area (Å²) < 4.78 is 0. The summed E-state index contributed by atoms with van der Waals surface area (Å²) in [4.78, 5) is 28.7. The van der Waals surface area contributed by atoms with Gasteiger partial charge >= 0.3 is 0 Å². The lowest BCUT2D eigenvalue weighted by molar-refractivity contribution is 0.0746. The van der Waals surface area contributed by atoms with Crippen molar-refractivity contribution in [1.82, 2.24) is 14.9 Å². The van der Waals surface area contributed by atoms with Gasteiger partial charge in [-0.15, -0.1) is 0 Å². The average molecular weight is 380 g/mol. The Kier molecular flexibility index (Phi) is 5.46. The van der Waals surface area contributed by atoms with Gasteiger partial charge in [-0.25, -0.2) is 4.98 Å². The summed E-state index contributed by atoms with van der Waals surface area (Å²) in [6, 6.07) is 8.05. The van der Waals surface area contributed by atoms with Gasteiger partial charge in [0.2, 0.25) is 5.95 Å². The minimum Gasteiger partial charge on any atom is -0.353 e. The van der Waals surface area contributed by atoms with Crippen molar-refractivity contribution in [2.45, 2.75) is 33.1 Å². The lowest BCUT2D eigenvalue weighted by Gasteiger charge is -2.36. The number of aryl methyl sites for hydroxylation is 2. The van der Waals surface area contributed by atoms with E-state index in [9.17, 15) is 4.79 Å². The summed E-state index contributed by atoms with van der Waals surface area (Å²) >= 11 is 0. The first-order chi connectivity index (χ1) is 13.6. The predicted molar refractivity (Wildman–Crippen MR) is 112 cm³/mol. The van der Waals surface area contributed by atoms with Crippen LogP contribution in [0.1, 0.15) is 40.7 Å². The fraction of sp³-hybridized carbons (Fsp3) is 0.500. The number of hydrogen-bond acceptors (Lipinski definition) is 5. The monoisotopic (exact) mass is 379 g/mol. The second-order valence-corrected chi connectivity index (χ2v) is 7.92. The fourth-order valence-electron chi connectivity index (χ4n) is 4.18. The van der Waals surface area contributed by atoms with E-state index in [1.54, 1.807) is 0 Å². The Hall–Kier alpha value is -2.63. The highest BCUT2D eigenvalue weighted by Crippen LogP contribution is 2.20. The Morgan fingerprint density at radius 1 is 0.857 bits per heavy atom. The lowest BCUT2D eigenvalue weighted by atomic mass is 10.1. The van der Waals surface area contributed by atoms with Crippen LogP contribution in [-0.2, 0) is 0 Å². The number of piperazine rings is 1. The smallest absolute Gasteiger partial charge is 0.253 e. The molecule has 6 heteroatoms. The van der Waals surface area contributed by atoms with Crippen molar-refractivity contribution in [2.75, 3.05) is 49.1 Å². The molecule has 148 valence electrons. The number of carbonyl (C=O) groups is 1. The lowest BCUT2D eigenvalue weighted by Crippen LogP contribution is -2.49. The number of anilines is 2. The van der Waals surface area contributed by atoms with E-state index in [2.05, 4.69) is 20.9 Å². The molecule has 2 saturated heterocycles. The molecule has 0 radical (unpaired) electrons. The van der Waals surface area contributed by atoms with Gasteiger partial charge in [0.1, 0.15) is 5.82 Å². The van der Waals surface area contributed by atoms with Gasteiger partial charge in [-0.1, -0.05) is 17.2 Å². The Bertz CT molecular complexity index is 818. The minimum absolute atomic E-state index is 0.128. The van der Waals surface area contributed by atoms with E-state index >= 15 is 0 Å². The molecule has 0 unspecified atom stereocenters. The van der Waals surface area contributed by atoms with Crippen LogP contribution in [0.3, 0.4) is 0 Å². The number of nitrogens with zero attached hydrogens (tertiary/aromatic N) is 5. The molecule has 3 heterocycles. The topological polar surface area (TPSA) is 52.6 Å². The molecule has 0 N–H and O–H groups in total. The number of amides is 1. The molecule has 28 heavy (non-hydrogen) atoms. The van der Waals surface area contributed by atoms with Crippen LogP contribution >= 0.6 is 0 Å². The molecule has 0 atom stereocenters. The van der Waals surface area contributed by atoms with Gasteiger partial charge in [0.05, 0.1) is 0 Å². The van der Waals surface area contributed by atoms with Crippen LogP contribution < -0.4 is 9.80 Å². The van der Waals surface area contributed by atoms with Gasteiger partial charge in [-0.05, 0) is 51.3 Å². The third-order valence-electron chi connectivity index (χ3n) is 5.63. The SMILES string of the molecule is Cc1cc(C)cc(C(=O)N2CCN(c3ccnc(N4CCCCC4)n3)CC2)c1. The van der Waals surface area contributed by atoms with Crippen LogP contribution in [0.5, 0.6) is 0 Å².